The maximum absolute atomic E-state index is 12.6. The Hall–Kier alpha value is -1.46. The van der Waals surface area contributed by atoms with Crippen molar-refractivity contribution in [3.8, 4) is 0 Å². The van der Waals surface area contributed by atoms with Crippen LogP contribution < -0.4 is 10.2 Å². The molecule has 0 unspecified atom stereocenters. The zero-order valence-corrected chi connectivity index (χ0v) is 16.9. The van der Waals surface area contributed by atoms with Crippen LogP contribution in [0, 0.1) is 12.8 Å². The van der Waals surface area contributed by atoms with Crippen LogP contribution in [0.15, 0.2) is 18.2 Å². The molecule has 0 radical (unpaired) electrons. The molecule has 1 aliphatic carbocycles. The summed E-state index contributed by atoms with van der Waals surface area (Å²) in [5, 5.41) is 2.24. The van der Waals surface area contributed by atoms with E-state index >= 15 is 0 Å². The predicted octanol–water partition coefficient (Wildman–Crippen LogP) is 3.99. The number of carbonyl (C=O) groups is 1. The standard InChI is InChI=1S/C22H35ClN4O/c1-17-5-4-6-20(21(17)23)27-15-13-26(14-16-27)12-11-18-7-9-19(10-8-18)24-22(28)25(2)3/h4-6,18-19H,7-16H2,1-3H3,(H,24,28)/t18-,19-/i2D3,7D2,8D2,9D2,10D2,18D,19D. The van der Waals surface area contributed by atoms with Crippen molar-refractivity contribution in [1.82, 2.24) is 15.1 Å². The van der Waals surface area contributed by atoms with Crippen molar-refractivity contribution in [3.63, 3.8) is 0 Å². The molecule has 1 aromatic rings. The van der Waals surface area contributed by atoms with Crippen LogP contribution >= 0.6 is 11.6 Å². The fourth-order valence-corrected chi connectivity index (χ4v) is 3.32. The number of nitrogens with one attached hydrogen (secondary N) is 1. The van der Waals surface area contributed by atoms with E-state index in [1.54, 1.807) is 5.32 Å². The Morgan fingerprint density at radius 1 is 1.32 bits per heavy atom. The van der Waals surface area contributed by atoms with Crippen molar-refractivity contribution < 1.29 is 22.6 Å². The van der Waals surface area contributed by atoms with Gasteiger partial charge in [-0.3, -0.25) is 4.90 Å². The Bertz CT molecular complexity index is 1130. The number of nitrogens with zero attached hydrogens (tertiary/aromatic N) is 3. The number of hydrogen-bond acceptors (Lipinski definition) is 3. The van der Waals surface area contributed by atoms with Crippen molar-refractivity contribution in [3.05, 3.63) is 28.8 Å². The van der Waals surface area contributed by atoms with Gasteiger partial charge >= 0.3 is 6.03 Å². The minimum Gasteiger partial charge on any atom is -0.368 e. The van der Waals surface area contributed by atoms with Crippen molar-refractivity contribution >= 4 is 23.3 Å². The van der Waals surface area contributed by atoms with Crippen LogP contribution in [0.5, 0.6) is 0 Å². The highest BCUT2D eigenvalue weighted by Crippen LogP contribution is 2.30. The molecule has 156 valence electrons. The van der Waals surface area contributed by atoms with Gasteiger partial charge in [-0.15, -0.1) is 0 Å². The second-order valence-electron chi connectivity index (χ2n) is 6.83. The molecule has 1 saturated carbocycles. The Morgan fingerprint density at radius 2 is 2.04 bits per heavy atom. The molecule has 3 rings (SSSR count). The third-order valence-corrected chi connectivity index (χ3v) is 5.27. The molecule has 1 heterocycles. The van der Waals surface area contributed by atoms with E-state index in [1.807, 2.05) is 30.0 Å². The first-order valence-corrected chi connectivity index (χ1v) is 9.57. The zero-order chi connectivity index (χ0) is 31.6. The Labute approximate surface area is 193 Å². The molecule has 0 aromatic heterocycles. The van der Waals surface area contributed by atoms with Crippen molar-refractivity contribution in [2.75, 3.05) is 51.6 Å². The van der Waals surface area contributed by atoms with Gasteiger partial charge in [0.05, 0.1) is 12.1 Å². The van der Waals surface area contributed by atoms with Crippen LogP contribution in [0.25, 0.3) is 0 Å². The summed E-state index contributed by atoms with van der Waals surface area (Å²) < 4.78 is 108. The predicted molar refractivity (Wildman–Crippen MR) is 117 cm³/mol. The molecule has 0 bridgehead atoms. The maximum Gasteiger partial charge on any atom is 0.317 e. The number of halogens is 1. The van der Waals surface area contributed by atoms with Gasteiger partial charge in [0.1, 0.15) is 0 Å². The number of rotatable bonds is 5. The number of benzene rings is 1. The van der Waals surface area contributed by atoms with Crippen LogP contribution in [0.4, 0.5) is 10.5 Å². The number of aryl methyl sites for hydroxylation is 1. The minimum absolute atomic E-state index is 0.0663. The highest BCUT2D eigenvalue weighted by Gasteiger charge is 2.24. The summed E-state index contributed by atoms with van der Waals surface area (Å²) in [7, 11) is 0.796. The Balaban J connectivity index is 1.87. The molecule has 5 nitrogen and oxygen atoms in total. The monoisotopic (exact) mass is 419 g/mol. The first-order valence-electron chi connectivity index (χ1n) is 15.7. The first-order chi connectivity index (χ1) is 18.4. The summed E-state index contributed by atoms with van der Waals surface area (Å²) in [6, 6.07) is 0.399. The van der Waals surface area contributed by atoms with Crippen LogP contribution in [0.3, 0.4) is 0 Å². The molecule has 1 N–H and O–H groups in total. The third kappa shape index (κ3) is 5.54. The van der Waals surface area contributed by atoms with E-state index in [9.17, 15) is 4.79 Å². The van der Waals surface area contributed by atoms with Crippen molar-refractivity contribution in [2.45, 2.75) is 44.9 Å². The summed E-state index contributed by atoms with van der Waals surface area (Å²) in [5.41, 5.74) is 1.77. The number of anilines is 1. The summed E-state index contributed by atoms with van der Waals surface area (Å²) in [5.74, 6) is -3.05. The van der Waals surface area contributed by atoms with Crippen LogP contribution in [-0.2, 0) is 0 Å². The van der Waals surface area contributed by atoms with Gasteiger partial charge in [0, 0.05) is 62.7 Å². The van der Waals surface area contributed by atoms with E-state index in [2.05, 4.69) is 4.90 Å². The van der Waals surface area contributed by atoms with Crippen LogP contribution in [-0.4, -0.2) is 68.6 Å². The number of amides is 2. The third-order valence-electron chi connectivity index (χ3n) is 4.78. The summed E-state index contributed by atoms with van der Waals surface area (Å²) in [6.45, 7) is 0.687. The second kappa shape index (κ2) is 9.84. The van der Waals surface area contributed by atoms with E-state index in [-0.39, 0.29) is 11.4 Å². The molecular formula is C22H35ClN4O. The smallest absolute Gasteiger partial charge is 0.317 e. The van der Waals surface area contributed by atoms with Gasteiger partial charge in [-0.1, -0.05) is 23.7 Å². The van der Waals surface area contributed by atoms with Gasteiger partial charge < -0.3 is 15.1 Å². The zero-order valence-electron chi connectivity index (χ0n) is 29.1. The van der Waals surface area contributed by atoms with Crippen molar-refractivity contribution in [2.24, 2.45) is 5.89 Å². The van der Waals surface area contributed by atoms with Gasteiger partial charge in [-0.05, 0) is 62.9 Å². The van der Waals surface area contributed by atoms with Gasteiger partial charge in [-0.2, -0.15) is 0 Å². The van der Waals surface area contributed by atoms with E-state index < -0.39 is 56.8 Å². The van der Waals surface area contributed by atoms with E-state index in [1.165, 1.54) is 0 Å². The molecule has 2 fully saturated rings. The van der Waals surface area contributed by atoms with Gasteiger partial charge in [0.15, 0.2) is 0 Å². The molecule has 1 saturated heterocycles. The molecule has 0 spiro atoms. The fraction of sp³-hybridized carbons (Fsp3) is 0.682. The van der Waals surface area contributed by atoms with Crippen LogP contribution in [0.2, 0.25) is 5.02 Å². The first kappa shape index (κ1) is 10.0. The van der Waals surface area contributed by atoms with E-state index in [0.717, 1.165) is 18.3 Å². The Morgan fingerprint density at radius 3 is 2.71 bits per heavy atom. The van der Waals surface area contributed by atoms with Gasteiger partial charge in [0.25, 0.3) is 0 Å². The minimum atomic E-state index is -3.68. The largest absolute Gasteiger partial charge is 0.368 e. The lowest BCUT2D eigenvalue weighted by Crippen LogP contribution is -2.47. The van der Waals surface area contributed by atoms with Gasteiger partial charge in [-0.25, -0.2) is 4.79 Å². The summed E-state index contributed by atoms with van der Waals surface area (Å²) >= 11 is 6.45. The molecule has 0 atom stereocenters. The molecule has 28 heavy (non-hydrogen) atoms. The number of hydrogen-bond donors (Lipinski definition) is 1. The highest BCUT2D eigenvalue weighted by molar-refractivity contribution is 6.34. The summed E-state index contributed by atoms with van der Waals surface area (Å²) in [4.78, 5) is 16.6. The van der Waals surface area contributed by atoms with Crippen LogP contribution in [0.1, 0.15) is 55.3 Å². The normalized spacial score (nSPS) is 43.2. The van der Waals surface area contributed by atoms with E-state index in [0.29, 0.717) is 31.2 Å². The highest BCUT2D eigenvalue weighted by atomic mass is 35.5. The molecular weight excluding hydrogens is 372 g/mol. The quantitative estimate of drug-likeness (QED) is 0.784. The molecule has 2 amide bonds. The SMILES string of the molecule is [2H]C([2H])([2H])N(C)C(=O)N[C@]1([2H])C([2H])([2H])C([2H])([2H])[C@@]([2H])(CCN2CCN(c3cccc(C)c3Cl)CC2)C([2H])([2H])C1([2H])[2H]. The second-order valence-corrected chi connectivity index (χ2v) is 7.21. The van der Waals surface area contributed by atoms with Crippen molar-refractivity contribution in [1.29, 1.82) is 0 Å². The lowest BCUT2D eigenvalue weighted by Gasteiger charge is -2.37. The fourth-order valence-electron chi connectivity index (χ4n) is 3.08. The number of carbonyl (C=O) groups excluding carboxylic acids is 1. The molecule has 1 aliphatic heterocycles. The topological polar surface area (TPSA) is 38.8 Å². The maximum atomic E-state index is 12.6. The number of piperazine rings is 1. The Kier molecular flexibility index (Phi) is 3.52. The lowest BCUT2D eigenvalue weighted by molar-refractivity contribution is 0.194. The van der Waals surface area contributed by atoms with E-state index in [4.69, 9.17) is 29.4 Å². The summed E-state index contributed by atoms with van der Waals surface area (Å²) in [6.07, 6.45) is -15.0. The average molecular weight is 420 g/mol. The molecule has 6 heteroatoms. The molecule has 2 aliphatic rings. The van der Waals surface area contributed by atoms with Gasteiger partial charge in [0.2, 0.25) is 0 Å². The molecule has 1 aromatic carbocycles. The average Bonchev–Trinajstić information content (AvgIpc) is 2.86. The number of urea groups is 1. The lowest BCUT2D eigenvalue weighted by atomic mass is 9.84.